The van der Waals surface area contributed by atoms with Crippen LogP contribution in [0.15, 0.2) is 18.2 Å². The van der Waals surface area contributed by atoms with Crippen LogP contribution in [0.3, 0.4) is 0 Å². The number of rotatable bonds is 1. The summed E-state index contributed by atoms with van der Waals surface area (Å²) in [6.07, 6.45) is 1.24. The lowest BCUT2D eigenvalue weighted by atomic mass is 9.87. The van der Waals surface area contributed by atoms with Gasteiger partial charge >= 0.3 is 0 Å². The molecule has 0 aliphatic carbocycles. The molecule has 1 saturated heterocycles. The van der Waals surface area contributed by atoms with Gasteiger partial charge in [-0.1, -0.05) is 12.1 Å². The van der Waals surface area contributed by atoms with Crippen molar-refractivity contribution in [3.63, 3.8) is 0 Å². The van der Waals surface area contributed by atoms with Gasteiger partial charge in [0.25, 0.3) is 0 Å². The molecule has 0 N–H and O–H groups in total. The van der Waals surface area contributed by atoms with Crippen LogP contribution in [0.2, 0.25) is 0 Å². The number of hydrogen-bond donors (Lipinski definition) is 0. The predicted molar refractivity (Wildman–Crippen MR) is 63.7 cm³/mol. The van der Waals surface area contributed by atoms with E-state index in [1.54, 1.807) is 11.1 Å². The molecule has 2 heteroatoms. The highest BCUT2D eigenvalue weighted by molar-refractivity contribution is 5.61. The van der Waals surface area contributed by atoms with Gasteiger partial charge in [0.2, 0.25) is 0 Å². The second-order valence-corrected chi connectivity index (χ2v) is 4.93. The van der Waals surface area contributed by atoms with Gasteiger partial charge in [0.1, 0.15) is 0 Å². The van der Waals surface area contributed by atoms with E-state index >= 15 is 0 Å². The average molecular weight is 202 g/mol. The smallest absolute Gasteiger partial charge is 0.0399 e. The predicted octanol–water partition coefficient (Wildman–Crippen LogP) is 1.71. The van der Waals surface area contributed by atoms with Gasteiger partial charge < -0.3 is 9.80 Å². The van der Waals surface area contributed by atoms with Gasteiger partial charge in [0, 0.05) is 38.3 Å². The van der Waals surface area contributed by atoms with Crippen LogP contribution in [0.5, 0.6) is 0 Å². The molecular formula is C13H18N2. The van der Waals surface area contributed by atoms with E-state index in [1.165, 1.54) is 31.7 Å². The van der Waals surface area contributed by atoms with Gasteiger partial charge in [-0.25, -0.2) is 0 Å². The fraction of sp³-hybridized carbons (Fsp3) is 0.538. The van der Waals surface area contributed by atoms with E-state index in [0.29, 0.717) is 0 Å². The summed E-state index contributed by atoms with van der Waals surface area (Å²) in [4.78, 5) is 4.77. The van der Waals surface area contributed by atoms with E-state index in [1.807, 2.05) is 0 Å². The fourth-order valence-electron chi connectivity index (χ4n) is 2.90. The van der Waals surface area contributed by atoms with Gasteiger partial charge in [-0.2, -0.15) is 0 Å². The molecule has 0 amide bonds. The average Bonchev–Trinajstić information content (AvgIpc) is 2.56. The van der Waals surface area contributed by atoms with Crippen LogP contribution in [0.4, 0.5) is 5.69 Å². The first-order chi connectivity index (χ1) is 7.25. The molecule has 2 aliphatic rings. The SMILES string of the molecule is CN1CC(c2cccc3c2CCN3C)C1. The third kappa shape index (κ3) is 1.36. The van der Waals surface area contributed by atoms with Crippen molar-refractivity contribution in [3.8, 4) is 0 Å². The van der Waals surface area contributed by atoms with Crippen molar-refractivity contribution in [2.45, 2.75) is 12.3 Å². The monoisotopic (exact) mass is 202 g/mol. The van der Waals surface area contributed by atoms with Crippen molar-refractivity contribution in [2.24, 2.45) is 0 Å². The standard InChI is InChI=1S/C13H18N2/c1-14-8-10(9-14)11-4-3-5-13-12(11)6-7-15(13)2/h3-5,10H,6-9H2,1-2H3. The molecular weight excluding hydrogens is 184 g/mol. The minimum atomic E-state index is 0.788. The zero-order valence-corrected chi connectivity index (χ0v) is 9.53. The molecule has 2 aliphatic heterocycles. The molecule has 15 heavy (non-hydrogen) atoms. The Kier molecular flexibility index (Phi) is 1.99. The largest absolute Gasteiger partial charge is 0.374 e. The van der Waals surface area contributed by atoms with Crippen molar-refractivity contribution >= 4 is 5.69 Å². The molecule has 1 fully saturated rings. The molecule has 2 nitrogen and oxygen atoms in total. The van der Waals surface area contributed by atoms with Gasteiger partial charge in [0.15, 0.2) is 0 Å². The highest BCUT2D eigenvalue weighted by Crippen LogP contribution is 2.36. The lowest BCUT2D eigenvalue weighted by Gasteiger charge is -2.37. The quantitative estimate of drug-likeness (QED) is 0.684. The number of likely N-dealkylation sites (N-methyl/N-ethyl adjacent to an activating group) is 2. The van der Waals surface area contributed by atoms with Gasteiger partial charge in [-0.3, -0.25) is 0 Å². The Hall–Kier alpha value is -1.02. The molecule has 0 atom stereocenters. The second-order valence-electron chi connectivity index (χ2n) is 4.93. The normalized spacial score (nSPS) is 21.6. The van der Waals surface area contributed by atoms with Crippen LogP contribution < -0.4 is 4.90 Å². The minimum Gasteiger partial charge on any atom is -0.374 e. The highest BCUT2D eigenvalue weighted by atomic mass is 15.2. The molecule has 0 aromatic heterocycles. The zero-order valence-electron chi connectivity index (χ0n) is 9.53. The summed E-state index contributed by atoms with van der Waals surface area (Å²) in [5.41, 5.74) is 4.68. The topological polar surface area (TPSA) is 6.48 Å². The lowest BCUT2D eigenvalue weighted by Crippen LogP contribution is -2.42. The van der Waals surface area contributed by atoms with E-state index < -0.39 is 0 Å². The summed E-state index contributed by atoms with van der Waals surface area (Å²) in [5.74, 6) is 0.788. The molecule has 1 aromatic rings. The Morgan fingerprint density at radius 3 is 2.73 bits per heavy atom. The maximum absolute atomic E-state index is 2.39. The molecule has 2 heterocycles. The Morgan fingerprint density at radius 1 is 1.20 bits per heavy atom. The number of hydrogen-bond acceptors (Lipinski definition) is 2. The maximum Gasteiger partial charge on any atom is 0.0399 e. The Morgan fingerprint density at radius 2 is 2.00 bits per heavy atom. The number of nitrogens with zero attached hydrogens (tertiary/aromatic N) is 2. The van der Waals surface area contributed by atoms with Crippen LogP contribution in [0.25, 0.3) is 0 Å². The molecule has 1 aromatic carbocycles. The fourth-order valence-corrected chi connectivity index (χ4v) is 2.90. The first kappa shape index (κ1) is 9.22. The summed E-state index contributed by atoms with van der Waals surface area (Å²) in [5, 5.41) is 0. The summed E-state index contributed by atoms with van der Waals surface area (Å²) < 4.78 is 0. The third-order valence-electron chi connectivity index (χ3n) is 3.80. The van der Waals surface area contributed by atoms with Crippen molar-refractivity contribution in [3.05, 3.63) is 29.3 Å². The summed E-state index contributed by atoms with van der Waals surface area (Å²) in [7, 11) is 4.40. The Bertz CT molecular complexity index is 380. The first-order valence-corrected chi connectivity index (χ1v) is 5.77. The molecule has 80 valence electrons. The first-order valence-electron chi connectivity index (χ1n) is 5.77. The van der Waals surface area contributed by atoms with Gasteiger partial charge in [0.05, 0.1) is 0 Å². The van der Waals surface area contributed by atoms with Crippen molar-refractivity contribution in [1.29, 1.82) is 0 Å². The van der Waals surface area contributed by atoms with Crippen LogP contribution in [-0.2, 0) is 6.42 Å². The number of anilines is 1. The van der Waals surface area contributed by atoms with Crippen LogP contribution >= 0.6 is 0 Å². The molecule has 0 unspecified atom stereocenters. The third-order valence-corrected chi connectivity index (χ3v) is 3.80. The van der Waals surface area contributed by atoms with Crippen LogP contribution in [0, 0.1) is 0 Å². The molecule has 0 saturated carbocycles. The summed E-state index contributed by atoms with van der Waals surface area (Å²) in [6, 6.07) is 6.80. The Labute approximate surface area is 91.5 Å². The molecule has 0 spiro atoms. The number of benzene rings is 1. The maximum atomic E-state index is 2.39. The number of likely N-dealkylation sites (tertiary alicyclic amines) is 1. The van der Waals surface area contributed by atoms with E-state index in [9.17, 15) is 0 Å². The Balaban J connectivity index is 1.96. The van der Waals surface area contributed by atoms with Crippen molar-refractivity contribution in [2.75, 3.05) is 38.6 Å². The molecule has 0 radical (unpaired) electrons. The van der Waals surface area contributed by atoms with Gasteiger partial charge in [-0.15, -0.1) is 0 Å². The van der Waals surface area contributed by atoms with E-state index in [2.05, 4.69) is 42.1 Å². The summed E-state index contributed by atoms with van der Waals surface area (Å²) in [6.45, 7) is 3.66. The van der Waals surface area contributed by atoms with E-state index in [0.717, 1.165) is 5.92 Å². The van der Waals surface area contributed by atoms with E-state index in [4.69, 9.17) is 0 Å². The summed E-state index contributed by atoms with van der Waals surface area (Å²) >= 11 is 0. The minimum absolute atomic E-state index is 0.788. The molecule has 0 bridgehead atoms. The lowest BCUT2D eigenvalue weighted by molar-refractivity contribution is 0.189. The van der Waals surface area contributed by atoms with Crippen molar-refractivity contribution < 1.29 is 0 Å². The van der Waals surface area contributed by atoms with Crippen LogP contribution in [-0.4, -0.2) is 38.6 Å². The number of fused-ring (bicyclic) bond motifs is 1. The van der Waals surface area contributed by atoms with E-state index in [-0.39, 0.29) is 0 Å². The van der Waals surface area contributed by atoms with Crippen molar-refractivity contribution in [1.82, 2.24) is 4.90 Å². The highest BCUT2D eigenvalue weighted by Gasteiger charge is 2.29. The zero-order chi connectivity index (χ0) is 10.4. The van der Waals surface area contributed by atoms with Crippen LogP contribution in [0.1, 0.15) is 17.0 Å². The van der Waals surface area contributed by atoms with Gasteiger partial charge in [-0.05, 0) is 30.7 Å². The second kappa shape index (κ2) is 3.24. The molecule has 3 rings (SSSR count).